The highest BCUT2D eigenvalue weighted by Gasteiger charge is 2.32. The van der Waals surface area contributed by atoms with Crippen LogP contribution in [-0.2, 0) is 11.8 Å². The zero-order valence-corrected chi connectivity index (χ0v) is 14.1. The van der Waals surface area contributed by atoms with E-state index in [0.29, 0.717) is 16.2 Å². The predicted molar refractivity (Wildman–Crippen MR) is 87.1 cm³/mol. The zero-order valence-electron chi connectivity index (χ0n) is 13.3. The Morgan fingerprint density at radius 2 is 2.20 bits per heavy atom. The number of thioether (sulfide) groups is 1. The number of carbonyl (C=O) groups excluding carboxylic acids is 1. The topological polar surface area (TPSA) is 146 Å². The molecule has 1 saturated carbocycles. The third-order valence-electron chi connectivity index (χ3n) is 3.61. The van der Waals surface area contributed by atoms with Crippen molar-refractivity contribution >= 4 is 29.4 Å². The van der Waals surface area contributed by atoms with Crippen LogP contribution < -0.4 is 15.7 Å². The van der Waals surface area contributed by atoms with E-state index >= 15 is 0 Å². The van der Waals surface area contributed by atoms with E-state index in [0.717, 1.165) is 24.6 Å². The van der Waals surface area contributed by atoms with Crippen LogP contribution in [0.25, 0.3) is 0 Å². The summed E-state index contributed by atoms with van der Waals surface area (Å²) in [6.07, 6.45) is 3.35. The first-order valence-corrected chi connectivity index (χ1v) is 8.41. The van der Waals surface area contributed by atoms with Crippen LogP contribution in [0.3, 0.4) is 0 Å². The third kappa shape index (κ3) is 3.54. The monoisotopic (exact) mass is 356 g/mol. The quantitative estimate of drug-likeness (QED) is 0.591. The molecule has 25 heavy (non-hydrogen) atoms. The van der Waals surface area contributed by atoms with Gasteiger partial charge in [0.2, 0.25) is 5.91 Å². The van der Waals surface area contributed by atoms with Gasteiger partial charge in [-0.1, -0.05) is 16.4 Å². The van der Waals surface area contributed by atoms with Crippen LogP contribution >= 0.6 is 11.8 Å². The maximum Gasteiger partial charge on any atom is 0.302 e. The summed E-state index contributed by atoms with van der Waals surface area (Å²) in [5.41, 5.74) is 7.12. The average Bonchev–Trinajstić information content (AvgIpc) is 3.35. The fourth-order valence-electron chi connectivity index (χ4n) is 2.40. The van der Waals surface area contributed by atoms with Crippen LogP contribution in [0, 0.1) is 22.7 Å². The number of carbonyl (C=O) groups is 1. The van der Waals surface area contributed by atoms with E-state index in [1.165, 1.54) is 10.9 Å². The molecule has 9 nitrogen and oxygen atoms in total. The Morgan fingerprint density at radius 3 is 2.76 bits per heavy atom. The first-order valence-electron chi connectivity index (χ1n) is 7.42. The van der Waals surface area contributed by atoms with Crippen LogP contribution in [0.15, 0.2) is 15.7 Å². The standard InChI is InChI=1S/C15H13N7O2S/c1-22-6-12(24-21-22)19-11(23)7-25-15-10(5-17)13(8-2-3-8)9(4-16)14(18)20-15/h6,8H,2-3,7H2,1H3,(H2-,18,19,20,21,23)/p+1. The molecule has 3 N–H and O–H groups in total. The molecule has 0 aliphatic heterocycles. The van der Waals surface area contributed by atoms with E-state index in [-0.39, 0.29) is 34.8 Å². The van der Waals surface area contributed by atoms with Gasteiger partial charge in [0.25, 0.3) is 6.20 Å². The van der Waals surface area contributed by atoms with Gasteiger partial charge in [-0.2, -0.15) is 10.5 Å². The number of amides is 1. The maximum atomic E-state index is 12.0. The Morgan fingerprint density at radius 1 is 1.48 bits per heavy atom. The molecule has 2 aromatic heterocycles. The van der Waals surface area contributed by atoms with E-state index in [1.807, 2.05) is 6.07 Å². The van der Waals surface area contributed by atoms with E-state index in [9.17, 15) is 15.3 Å². The lowest BCUT2D eigenvalue weighted by Gasteiger charge is -2.11. The van der Waals surface area contributed by atoms with E-state index < -0.39 is 0 Å². The van der Waals surface area contributed by atoms with Gasteiger partial charge < -0.3 is 5.73 Å². The minimum atomic E-state index is -0.330. The van der Waals surface area contributed by atoms with Crippen molar-refractivity contribution in [3.63, 3.8) is 0 Å². The molecule has 3 rings (SSSR count). The molecule has 2 heterocycles. The maximum absolute atomic E-state index is 12.0. The molecule has 0 saturated heterocycles. The minimum Gasteiger partial charge on any atom is -0.383 e. The van der Waals surface area contributed by atoms with Crippen molar-refractivity contribution in [1.29, 1.82) is 10.5 Å². The number of aromatic nitrogens is 3. The number of hydrogen-bond donors (Lipinski definition) is 2. The molecule has 1 aliphatic carbocycles. The highest BCUT2D eigenvalue weighted by atomic mass is 32.2. The number of nitriles is 2. The number of nitrogens with zero attached hydrogens (tertiary/aromatic N) is 5. The lowest BCUT2D eigenvalue weighted by molar-refractivity contribution is -0.739. The summed E-state index contributed by atoms with van der Waals surface area (Å²) >= 11 is 1.09. The summed E-state index contributed by atoms with van der Waals surface area (Å²) in [5.74, 6) is 0.162. The van der Waals surface area contributed by atoms with E-state index in [1.54, 1.807) is 7.05 Å². The van der Waals surface area contributed by atoms with Gasteiger partial charge in [-0.15, -0.1) is 0 Å². The van der Waals surface area contributed by atoms with Crippen molar-refractivity contribution in [3.05, 3.63) is 22.9 Å². The molecule has 126 valence electrons. The first kappa shape index (κ1) is 16.7. The Bertz CT molecular complexity index is 921. The van der Waals surface area contributed by atoms with Gasteiger partial charge in [0, 0.05) is 0 Å². The Balaban J connectivity index is 1.79. The van der Waals surface area contributed by atoms with Gasteiger partial charge in [-0.3, -0.25) is 14.6 Å². The summed E-state index contributed by atoms with van der Waals surface area (Å²) in [7, 11) is 1.66. The summed E-state index contributed by atoms with van der Waals surface area (Å²) in [6.45, 7) is 0. The van der Waals surface area contributed by atoms with Crippen LogP contribution in [-0.4, -0.2) is 21.9 Å². The average molecular weight is 356 g/mol. The van der Waals surface area contributed by atoms with Gasteiger partial charge in [-0.05, 0) is 24.3 Å². The molecular formula is C15H14N7O2S+. The fourth-order valence-corrected chi connectivity index (χ4v) is 3.20. The third-order valence-corrected chi connectivity index (χ3v) is 4.59. The second-order valence-corrected chi connectivity index (χ2v) is 6.50. The zero-order chi connectivity index (χ0) is 18.0. The Kier molecular flexibility index (Phi) is 4.55. The van der Waals surface area contributed by atoms with Crippen LogP contribution in [0.4, 0.5) is 11.7 Å². The molecule has 1 aliphatic rings. The van der Waals surface area contributed by atoms with Crippen molar-refractivity contribution in [2.24, 2.45) is 7.05 Å². The van der Waals surface area contributed by atoms with E-state index in [4.69, 9.17) is 10.3 Å². The molecule has 2 aromatic rings. The molecule has 10 heteroatoms. The van der Waals surface area contributed by atoms with Crippen molar-refractivity contribution < 1.29 is 14.0 Å². The van der Waals surface area contributed by atoms with Gasteiger partial charge in [0.15, 0.2) is 12.3 Å². The molecule has 1 amide bonds. The Hall–Kier alpha value is -3.11. The molecule has 0 spiro atoms. The van der Waals surface area contributed by atoms with Crippen LogP contribution in [0.1, 0.15) is 35.4 Å². The number of nitrogen functional groups attached to an aromatic ring is 1. The summed E-state index contributed by atoms with van der Waals surface area (Å²) in [6, 6.07) is 4.15. The lowest BCUT2D eigenvalue weighted by atomic mass is 10.0. The summed E-state index contributed by atoms with van der Waals surface area (Å²) < 4.78 is 6.31. The lowest BCUT2D eigenvalue weighted by Crippen LogP contribution is -2.28. The fraction of sp³-hybridized carbons (Fsp3) is 0.333. The van der Waals surface area contributed by atoms with Gasteiger partial charge in [-0.25, -0.2) is 4.98 Å². The van der Waals surface area contributed by atoms with Gasteiger partial charge in [0.1, 0.15) is 23.0 Å². The van der Waals surface area contributed by atoms with Gasteiger partial charge >= 0.3 is 5.88 Å². The summed E-state index contributed by atoms with van der Waals surface area (Å²) in [4.78, 5) is 16.2. The van der Waals surface area contributed by atoms with Crippen molar-refractivity contribution in [3.8, 4) is 12.1 Å². The SMILES string of the molecule is C[n+]1cc(NC(=O)CSc2nc(N)c(C#N)c(C3CC3)c2C#N)on1. The van der Waals surface area contributed by atoms with Crippen molar-refractivity contribution in [2.45, 2.75) is 23.8 Å². The van der Waals surface area contributed by atoms with Crippen LogP contribution in [0.2, 0.25) is 0 Å². The molecule has 0 atom stereocenters. The highest BCUT2D eigenvalue weighted by molar-refractivity contribution is 8.00. The predicted octanol–water partition coefficient (Wildman–Crippen LogP) is 0.828. The van der Waals surface area contributed by atoms with Crippen LogP contribution in [0.5, 0.6) is 0 Å². The number of pyridine rings is 1. The second kappa shape index (κ2) is 6.79. The minimum absolute atomic E-state index is 0.0154. The number of nitrogens with two attached hydrogens (primary N) is 1. The Labute approximate surface area is 147 Å². The number of nitrogens with one attached hydrogen (secondary N) is 1. The van der Waals surface area contributed by atoms with Gasteiger partial charge in [0.05, 0.1) is 16.9 Å². The largest absolute Gasteiger partial charge is 0.383 e. The highest BCUT2D eigenvalue weighted by Crippen LogP contribution is 2.45. The van der Waals surface area contributed by atoms with Crippen molar-refractivity contribution in [2.75, 3.05) is 16.8 Å². The molecular weight excluding hydrogens is 342 g/mol. The molecule has 1 fully saturated rings. The molecule has 0 aromatic carbocycles. The number of aryl methyl sites for hydroxylation is 1. The number of hydrogen-bond acceptors (Lipinski definition) is 8. The normalized spacial score (nSPS) is 13.1. The first-order chi connectivity index (χ1) is 12.0. The smallest absolute Gasteiger partial charge is 0.302 e. The molecule has 0 radical (unpaired) electrons. The number of rotatable bonds is 5. The molecule has 0 unspecified atom stereocenters. The molecule has 0 bridgehead atoms. The van der Waals surface area contributed by atoms with Crippen molar-refractivity contribution in [1.82, 2.24) is 10.3 Å². The van der Waals surface area contributed by atoms with E-state index in [2.05, 4.69) is 21.6 Å². The summed E-state index contributed by atoms with van der Waals surface area (Å²) in [5, 5.41) is 25.3. The second-order valence-electron chi connectivity index (χ2n) is 5.54. The number of anilines is 2.